The predicted molar refractivity (Wildman–Crippen MR) is 144 cm³/mol. The molecular weight excluding hydrogens is 456 g/mol. The molecule has 1 aliphatic rings. The summed E-state index contributed by atoms with van der Waals surface area (Å²) in [6.07, 6.45) is 9.00. The second-order valence-electron chi connectivity index (χ2n) is 9.57. The summed E-state index contributed by atoms with van der Waals surface area (Å²) in [6, 6.07) is 10.4. The van der Waals surface area contributed by atoms with Crippen molar-refractivity contribution in [2.45, 2.75) is 77.7 Å². The quantitative estimate of drug-likeness (QED) is 0.294. The van der Waals surface area contributed by atoms with Crippen molar-refractivity contribution >= 4 is 23.2 Å². The molecule has 1 atom stereocenters. The highest BCUT2D eigenvalue weighted by Gasteiger charge is 2.34. The maximum atomic E-state index is 13.7. The number of thiophene rings is 1. The molecule has 0 saturated heterocycles. The van der Waals surface area contributed by atoms with Crippen molar-refractivity contribution in [3.8, 4) is 0 Å². The lowest BCUT2D eigenvalue weighted by Gasteiger charge is -2.38. The normalized spacial score (nSPS) is 15.2. The molecule has 2 amide bonds. The first kappa shape index (κ1) is 27.4. The summed E-state index contributed by atoms with van der Waals surface area (Å²) in [7, 11) is 1.67. The van der Waals surface area contributed by atoms with Gasteiger partial charge in [-0.15, -0.1) is 11.3 Å². The number of carbonyl (C=O) groups excluding carboxylic acids is 2. The lowest BCUT2D eigenvalue weighted by Crippen LogP contribution is -2.47. The van der Waals surface area contributed by atoms with E-state index in [0.717, 1.165) is 25.7 Å². The van der Waals surface area contributed by atoms with Crippen molar-refractivity contribution in [1.29, 1.82) is 0 Å². The second-order valence-corrected chi connectivity index (χ2v) is 10.6. The van der Waals surface area contributed by atoms with Crippen LogP contribution in [-0.4, -0.2) is 55.0 Å². The Morgan fingerprint density at radius 1 is 1.06 bits per heavy atom. The first-order valence-corrected chi connectivity index (χ1v) is 14.1. The van der Waals surface area contributed by atoms with E-state index in [-0.39, 0.29) is 24.4 Å². The van der Waals surface area contributed by atoms with E-state index in [1.54, 1.807) is 23.3 Å². The first-order chi connectivity index (χ1) is 17.1. The number of amides is 2. The fourth-order valence-corrected chi connectivity index (χ4v) is 5.88. The minimum atomic E-state index is -0.0896. The van der Waals surface area contributed by atoms with E-state index in [0.29, 0.717) is 26.1 Å². The fourth-order valence-electron chi connectivity index (χ4n) is 4.97. The molecule has 1 aromatic heterocycles. The van der Waals surface area contributed by atoms with Gasteiger partial charge in [0.2, 0.25) is 11.8 Å². The number of nitrogens with zero attached hydrogens (tertiary/aromatic N) is 2. The smallest absolute Gasteiger partial charge is 0.242 e. The SMILES string of the molecule is CCCCCCCCC(=O)N(CCCOC)CC(=O)N1CCc2sccc2C1c1ccccc1C. The van der Waals surface area contributed by atoms with E-state index in [2.05, 4.69) is 37.4 Å². The second kappa shape index (κ2) is 14.4. The van der Waals surface area contributed by atoms with Gasteiger partial charge in [0.05, 0.1) is 12.6 Å². The van der Waals surface area contributed by atoms with Crippen LogP contribution in [0.25, 0.3) is 0 Å². The standard InChI is InChI=1S/C29H42N2O3S/c1-4-5-6-7-8-9-15-27(32)30(18-12-20-34-3)22-28(33)31-19-16-26-25(17-21-35-26)29(31)24-14-11-10-13-23(24)2/h10-11,13-14,17,21,29H,4-9,12,15-16,18-20,22H2,1-3H3. The molecule has 0 radical (unpaired) electrons. The Balaban J connectivity index is 1.71. The van der Waals surface area contributed by atoms with Gasteiger partial charge in [0.15, 0.2) is 0 Å². The molecule has 192 valence electrons. The van der Waals surface area contributed by atoms with Gasteiger partial charge in [0.1, 0.15) is 0 Å². The van der Waals surface area contributed by atoms with Gasteiger partial charge in [0.25, 0.3) is 0 Å². The third kappa shape index (κ3) is 7.65. The van der Waals surface area contributed by atoms with Crippen LogP contribution in [0, 0.1) is 6.92 Å². The number of hydrogen-bond acceptors (Lipinski definition) is 4. The maximum Gasteiger partial charge on any atom is 0.242 e. The van der Waals surface area contributed by atoms with E-state index in [1.807, 2.05) is 17.0 Å². The minimum Gasteiger partial charge on any atom is -0.385 e. The van der Waals surface area contributed by atoms with E-state index < -0.39 is 0 Å². The summed E-state index contributed by atoms with van der Waals surface area (Å²) >= 11 is 1.78. The lowest BCUT2D eigenvalue weighted by atomic mass is 9.90. The molecule has 1 unspecified atom stereocenters. The van der Waals surface area contributed by atoms with Crippen molar-refractivity contribution in [2.24, 2.45) is 0 Å². The summed E-state index contributed by atoms with van der Waals surface area (Å²) in [6.45, 7) is 6.29. The molecule has 3 rings (SSSR count). The van der Waals surface area contributed by atoms with Gasteiger partial charge in [-0.3, -0.25) is 9.59 Å². The molecule has 35 heavy (non-hydrogen) atoms. The molecule has 0 saturated carbocycles. The molecule has 0 bridgehead atoms. The van der Waals surface area contributed by atoms with Gasteiger partial charge in [0, 0.05) is 38.1 Å². The fraction of sp³-hybridized carbons (Fsp3) is 0.586. The zero-order chi connectivity index (χ0) is 25.0. The molecule has 2 aromatic rings. The number of ether oxygens (including phenoxy) is 1. The highest BCUT2D eigenvalue weighted by atomic mass is 32.1. The van der Waals surface area contributed by atoms with Crippen LogP contribution < -0.4 is 0 Å². The summed E-state index contributed by atoms with van der Waals surface area (Å²) in [4.78, 5) is 32.0. The van der Waals surface area contributed by atoms with Gasteiger partial charge in [-0.05, 0) is 54.3 Å². The molecule has 1 aliphatic heterocycles. The lowest BCUT2D eigenvalue weighted by molar-refractivity contribution is -0.142. The van der Waals surface area contributed by atoms with Crippen LogP contribution in [0.5, 0.6) is 0 Å². The maximum absolute atomic E-state index is 13.7. The summed E-state index contributed by atoms with van der Waals surface area (Å²) in [5.74, 6) is 0.120. The minimum absolute atomic E-state index is 0.0313. The highest BCUT2D eigenvalue weighted by molar-refractivity contribution is 7.10. The van der Waals surface area contributed by atoms with E-state index in [9.17, 15) is 9.59 Å². The third-order valence-corrected chi connectivity index (χ3v) is 7.97. The zero-order valence-corrected chi connectivity index (χ0v) is 22.6. The number of fused-ring (bicyclic) bond motifs is 1. The number of benzene rings is 1. The zero-order valence-electron chi connectivity index (χ0n) is 21.8. The van der Waals surface area contributed by atoms with Crippen LogP contribution in [0.1, 0.15) is 85.9 Å². The average Bonchev–Trinajstić information content (AvgIpc) is 3.34. The van der Waals surface area contributed by atoms with Crippen LogP contribution in [0.2, 0.25) is 0 Å². The number of hydrogen-bond donors (Lipinski definition) is 0. The van der Waals surface area contributed by atoms with Crippen LogP contribution in [0.4, 0.5) is 0 Å². The monoisotopic (exact) mass is 498 g/mol. The van der Waals surface area contributed by atoms with Gasteiger partial charge in [-0.25, -0.2) is 0 Å². The van der Waals surface area contributed by atoms with Crippen molar-refractivity contribution < 1.29 is 14.3 Å². The van der Waals surface area contributed by atoms with E-state index >= 15 is 0 Å². The van der Waals surface area contributed by atoms with Crippen LogP contribution in [0.3, 0.4) is 0 Å². The topological polar surface area (TPSA) is 49.9 Å². The average molecular weight is 499 g/mol. The largest absolute Gasteiger partial charge is 0.385 e. The highest BCUT2D eigenvalue weighted by Crippen LogP contribution is 2.39. The number of aryl methyl sites for hydroxylation is 1. The molecule has 0 fully saturated rings. The van der Waals surface area contributed by atoms with Crippen molar-refractivity contribution in [3.05, 3.63) is 57.3 Å². The molecule has 6 heteroatoms. The van der Waals surface area contributed by atoms with Crippen LogP contribution in [-0.2, 0) is 20.7 Å². The Kier molecular flexibility index (Phi) is 11.3. The van der Waals surface area contributed by atoms with Gasteiger partial charge in [-0.2, -0.15) is 0 Å². The molecule has 0 aliphatic carbocycles. The van der Waals surface area contributed by atoms with Crippen molar-refractivity contribution in [3.63, 3.8) is 0 Å². The Labute approximate surface area is 215 Å². The molecule has 1 aromatic carbocycles. The molecule has 0 spiro atoms. The van der Waals surface area contributed by atoms with Crippen molar-refractivity contribution in [2.75, 3.05) is 33.4 Å². The summed E-state index contributed by atoms with van der Waals surface area (Å²) in [5, 5.41) is 2.13. The number of methoxy groups -OCH3 is 1. The van der Waals surface area contributed by atoms with Gasteiger partial charge in [-0.1, -0.05) is 63.3 Å². The first-order valence-electron chi connectivity index (χ1n) is 13.2. The van der Waals surface area contributed by atoms with Gasteiger partial charge < -0.3 is 14.5 Å². The Morgan fingerprint density at radius 2 is 1.83 bits per heavy atom. The van der Waals surface area contributed by atoms with Gasteiger partial charge >= 0.3 is 0 Å². The van der Waals surface area contributed by atoms with E-state index in [4.69, 9.17) is 4.74 Å². The Morgan fingerprint density at radius 3 is 2.60 bits per heavy atom. The predicted octanol–water partition coefficient (Wildman–Crippen LogP) is 6.15. The summed E-state index contributed by atoms with van der Waals surface area (Å²) in [5.41, 5.74) is 3.59. The Hall–Kier alpha value is -2.18. The molecule has 2 heterocycles. The molecule has 5 nitrogen and oxygen atoms in total. The van der Waals surface area contributed by atoms with E-state index in [1.165, 1.54) is 47.3 Å². The molecule has 0 N–H and O–H groups in total. The number of carbonyl (C=O) groups is 2. The Bertz CT molecular complexity index is 942. The summed E-state index contributed by atoms with van der Waals surface area (Å²) < 4.78 is 5.22. The third-order valence-electron chi connectivity index (χ3n) is 6.97. The number of unbranched alkanes of at least 4 members (excludes halogenated alkanes) is 5. The van der Waals surface area contributed by atoms with Crippen molar-refractivity contribution in [1.82, 2.24) is 9.80 Å². The van der Waals surface area contributed by atoms with Crippen LogP contribution >= 0.6 is 11.3 Å². The van der Waals surface area contributed by atoms with Crippen LogP contribution in [0.15, 0.2) is 35.7 Å². The molecular formula is C29H42N2O3S. The number of rotatable bonds is 14.